The van der Waals surface area contributed by atoms with Crippen LogP contribution in [0.1, 0.15) is 52.8 Å². The number of carboxylic acid groups (broad SMARTS) is 1. The van der Waals surface area contributed by atoms with E-state index in [4.69, 9.17) is 14.7 Å². The fourth-order valence-electron chi connectivity index (χ4n) is 5.60. The minimum absolute atomic E-state index is 0.0445. The van der Waals surface area contributed by atoms with Crippen LogP contribution in [0.5, 0.6) is 5.88 Å². The third-order valence-corrected chi connectivity index (χ3v) is 8.07. The molecule has 1 aliphatic heterocycles. The summed E-state index contributed by atoms with van der Waals surface area (Å²) in [6.07, 6.45) is -0.223. The highest BCUT2D eigenvalue weighted by Gasteiger charge is 2.39. The predicted molar refractivity (Wildman–Crippen MR) is 158 cm³/mol. The molecular formula is C34H26F4N4O4. The zero-order valence-corrected chi connectivity index (χ0v) is 24.7. The monoisotopic (exact) mass is 630 g/mol. The number of rotatable bonds is 8. The number of carboxylic acids is 1. The van der Waals surface area contributed by atoms with Gasteiger partial charge in [0.2, 0.25) is 5.88 Å². The smallest absolute Gasteiger partial charge is 0.335 e. The number of imidazole rings is 1. The molecule has 2 aromatic heterocycles. The summed E-state index contributed by atoms with van der Waals surface area (Å²) in [5, 5.41) is 18.5. The number of carbonyl (C=O) groups is 1. The van der Waals surface area contributed by atoms with E-state index in [0.717, 1.165) is 24.3 Å². The summed E-state index contributed by atoms with van der Waals surface area (Å²) in [5.41, 5.74) is -0.364. The lowest BCUT2D eigenvalue weighted by Crippen LogP contribution is -2.27. The van der Waals surface area contributed by atoms with Gasteiger partial charge in [-0.25, -0.2) is 32.3 Å². The average molecular weight is 631 g/mol. The molecule has 0 radical (unpaired) electrons. The first-order valence-electron chi connectivity index (χ1n) is 14.2. The van der Waals surface area contributed by atoms with E-state index in [-0.39, 0.29) is 81.9 Å². The summed E-state index contributed by atoms with van der Waals surface area (Å²) in [6.45, 7) is 4.30. The van der Waals surface area contributed by atoms with Crippen LogP contribution in [0.2, 0.25) is 0 Å². The lowest BCUT2D eigenvalue weighted by Gasteiger charge is -2.28. The Balaban J connectivity index is 1.32. The summed E-state index contributed by atoms with van der Waals surface area (Å²) in [6, 6.07) is 14.1. The molecule has 1 atom stereocenters. The minimum atomic E-state index is -1.31. The van der Waals surface area contributed by atoms with Crippen molar-refractivity contribution in [2.24, 2.45) is 5.41 Å². The number of nitriles is 1. The van der Waals surface area contributed by atoms with E-state index in [1.54, 1.807) is 4.57 Å². The summed E-state index contributed by atoms with van der Waals surface area (Å²) < 4.78 is 73.5. The number of ether oxygens (including phenoxy) is 2. The van der Waals surface area contributed by atoms with E-state index < -0.39 is 34.7 Å². The second-order valence-electron chi connectivity index (χ2n) is 11.7. The molecule has 0 aliphatic carbocycles. The van der Waals surface area contributed by atoms with Gasteiger partial charge in [-0.2, -0.15) is 5.26 Å². The molecule has 0 amide bonds. The Labute approximate surface area is 260 Å². The molecule has 234 valence electrons. The molecule has 1 aliphatic rings. The highest BCUT2D eigenvalue weighted by Crippen LogP contribution is 2.41. The lowest BCUT2D eigenvalue weighted by molar-refractivity contribution is 0.0696. The number of hydrogen-bond donors (Lipinski definition) is 1. The van der Waals surface area contributed by atoms with Crippen molar-refractivity contribution >= 4 is 17.0 Å². The molecule has 3 heterocycles. The van der Waals surface area contributed by atoms with Crippen LogP contribution >= 0.6 is 0 Å². The molecule has 0 unspecified atom stereocenters. The highest BCUT2D eigenvalue weighted by atomic mass is 19.1. The molecule has 0 bridgehead atoms. The van der Waals surface area contributed by atoms with Crippen molar-refractivity contribution in [1.82, 2.24) is 14.5 Å². The second-order valence-corrected chi connectivity index (χ2v) is 11.7. The second kappa shape index (κ2) is 11.9. The third-order valence-electron chi connectivity index (χ3n) is 8.07. The third kappa shape index (κ3) is 5.77. The molecule has 1 saturated heterocycles. The molecule has 6 rings (SSSR count). The molecule has 0 saturated carbocycles. The number of aromatic nitrogens is 3. The van der Waals surface area contributed by atoms with Crippen molar-refractivity contribution in [1.29, 1.82) is 5.26 Å². The molecule has 1 fully saturated rings. The quantitative estimate of drug-likeness (QED) is 0.184. The SMILES string of the molecule is CC1(C)COC[C@@H]1n1c(Cc2cc(F)c(-c3cccc(OCc4ccc(C#N)cc4F)n3)cc2F)nc2c(F)cc(C(=O)O)cc21. The molecule has 0 spiro atoms. The van der Waals surface area contributed by atoms with Crippen LogP contribution in [-0.4, -0.2) is 38.8 Å². The number of benzene rings is 3. The van der Waals surface area contributed by atoms with Gasteiger partial charge in [-0.05, 0) is 48.0 Å². The number of halogens is 4. The zero-order valence-electron chi connectivity index (χ0n) is 24.7. The molecule has 46 heavy (non-hydrogen) atoms. The molecule has 8 nitrogen and oxygen atoms in total. The normalized spacial score (nSPS) is 15.6. The number of fused-ring (bicyclic) bond motifs is 1. The topological polar surface area (TPSA) is 110 Å². The first kappa shape index (κ1) is 30.7. The number of hydrogen-bond acceptors (Lipinski definition) is 6. The van der Waals surface area contributed by atoms with Crippen LogP contribution in [0, 0.1) is 40.0 Å². The van der Waals surface area contributed by atoms with Gasteiger partial charge in [0.1, 0.15) is 35.4 Å². The largest absolute Gasteiger partial charge is 0.478 e. The summed E-state index contributed by atoms with van der Waals surface area (Å²) in [5.74, 6) is -4.07. The van der Waals surface area contributed by atoms with Gasteiger partial charge in [-0.15, -0.1) is 0 Å². The van der Waals surface area contributed by atoms with Gasteiger partial charge in [0.05, 0.1) is 47.7 Å². The Morgan fingerprint density at radius 1 is 1.02 bits per heavy atom. The van der Waals surface area contributed by atoms with Crippen LogP contribution in [0.4, 0.5) is 17.6 Å². The zero-order chi connectivity index (χ0) is 32.7. The maximum atomic E-state index is 15.6. The minimum Gasteiger partial charge on any atom is -0.478 e. The van der Waals surface area contributed by atoms with Crippen molar-refractivity contribution in [2.45, 2.75) is 32.9 Å². The maximum Gasteiger partial charge on any atom is 0.335 e. The lowest BCUT2D eigenvalue weighted by atomic mass is 9.87. The first-order chi connectivity index (χ1) is 21.9. The van der Waals surface area contributed by atoms with Crippen molar-refractivity contribution in [3.05, 3.63) is 112 Å². The van der Waals surface area contributed by atoms with E-state index in [1.165, 1.54) is 36.4 Å². The average Bonchev–Trinajstić information content (AvgIpc) is 3.56. The fraction of sp³-hybridized carbons (Fsp3) is 0.235. The highest BCUT2D eigenvalue weighted by molar-refractivity contribution is 5.93. The van der Waals surface area contributed by atoms with Gasteiger partial charge in [0.25, 0.3) is 0 Å². The van der Waals surface area contributed by atoms with Crippen LogP contribution < -0.4 is 4.74 Å². The van der Waals surface area contributed by atoms with E-state index in [2.05, 4.69) is 9.97 Å². The Kier molecular flexibility index (Phi) is 7.96. The van der Waals surface area contributed by atoms with Gasteiger partial charge in [0.15, 0.2) is 5.82 Å². The number of nitrogens with zero attached hydrogens (tertiary/aromatic N) is 4. The van der Waals surface area contributed by atoms with Crippen LogP contribution in [0.25, 0.3) is 22.3 Å². The Morgan fingerprint density at radius 3 is 2.50 bits per heavy atom. The number of aromatic carboxylic acids is 1. The molecule has 3 aromatic carbocycles. The predicted octanol–water partition coefficient (Wildman–Crippen LogP) is 6.99. The van der Waals surface area contributed by atoms with Crippen LogP contribution in [-0.2, 0) is 17.8 Å². The van der Waals surface area contributed by atoms with E-state index in [9.17, 15) is 14.3 Å². The summed E-state index contributed by atoms with van der Waals surface area (Å²) in [4.78, 5) is 20.4. The van der Waals surface area contributed by atoms with Gasteiger partial charge in [-0.1, -0.05) is 26.0 Å². The standard InChI is InChI=1S/C34H26F4N4O4/c1-34(2)17-45-16-29(34)42-28-11-21(33(43)44)10-26(38)32(28)41-30(42)12-20-9-25(37)22(13-24(20)36)27-4-3-5-31(40-27)46-15-19-7-6-18(14-39)8-23(19)35/h3-11,13,29H,12,15-17H2,1-2H3,(H,43,44)/t29-/m0/s1. The first-order valence-corrected chi connectivity index (χ1v) is 14.2. The maximum absolute atomic E-state index is 15.6. The Morgan fingerprint density at radius 2 is 1.80 bits per heavy atom. The fourth-order valence-corrected chi connectivity index (χ4v) is 5.60. The summed E-state index contributed by atoms with van der Waals surface area (Å²) >= 11 is 0. The van der Waals surface area contributed by atoms with Crippen LogP contribution in [0.15, 0.2) is 60.7 Å². The van der Waals surface area contributed by atoms with E-state index in [1.807, 2.05) is 19.9 Å². The molecule has 12 heteroatoms. The Hall–Kier alpha value is -5.28. The van der Waals surface area contributed by atoms with E-state index in [0.29, 0.717) is 6.61 Å². The van der Waals surface area contributed by atoms with Gasteiger partial charge in [-0.3, -0.25) is 0 Å². The van der Waals surface area contributed by atoms with Crippen LogP contribution in [0.3, 0.4) is 0 Å². The van der Waals surface area contributed by atoms with Crippen molar-refractivity contribution in [3.8, 4) is 23.2 Å². The van der Waals surface area contributed by atoms with Crippen molar-refractivity contribution in [3.63, 3.8) is 0 Å². The Bertz CT molecular complexity index is 2050. The van der Waals surface area contributed by atoms with Gasteiger partial charge < -0.3 is 19.1 Å². The van der Waals surface area contributed by atoms with Gasteiger partial charge >= 0.3 is 5.97 Å². The molecule has 1 N–H and O–H groups in total. The molecule has 5 aromatic rings. The summed E-state index contributed by atoms with van der Waals surface area (Å²) in [7, 11) is 0. The van der Waals surface area contributed by atoms with E-state index >= 15 is 13.2 Å². The van der Waals surface area contributed by atoms with Gasteiger partial charge in [0, 0.05) is 29.0 Å². The molecular weight excluding hydrogens is 604 g/mol. The van der Waals surface area contributed by atoms with Crippen molar-refractivity contribution < 1.29 is 36.9 Å². The van der Waals surface area contributed by atoms with Crippen molar-refractivity contribution in [2.75, 3.05) is 13.2 Å². The number of pyridine rings is 1.